The number of halogens is 7. The fraction of sp³-hybridized carbons (Fsp3) is 0.333. The predicted molar refractivity (Wildman–Crippen MR) is 57.1 cm³/mol. The fourth-order valence-electron chi connectivity index (χ4n) is 1.26. The summed E-state index contributed by atoms with van der Waals surface area (Å²) in [6, 6.07) is 0.738. The van der Waals surface area contributed by atoms with E-state index in [1.807, 2.05) is 0 Å². The summed E-state index contributed by atoms with van der Waals surface area (Å²) < 4.78 is 74.6. The third kappa shape index (κ3) is 3.24. The minimum atomic E-state index is -4.85. The maximum Gasteiger partial charge on any atom is 0.416 e. The van der Waals surface area contributed by atoms with Gasteiger partial charge in [-0.1, -0.05) is 0 Å². The van der Waals surface area contributed by atoms with Crippen molar-refractivity contribution in [3.05, 3.63) is 32.4 Å². The summed E-state index contributed by atoms with van der Waals surface area (Å²) in [7, 11) is 0. The molecule has 0 aromatic heterocycles. The third-order valence-corrected chi connectivity index (χ3v) is 2.99. The average molecular weight is 369 g/mol. The first-order valence-electron chi connectivity index (χ1n) is 4.24. The molecular formula is C9H6F6IN. The van der Waals surface area contributed by atoms with Crippen molar-refractivity contribution in [2.75, 3.05) is 0 Å². The minimum absolute atomic E-state index is 0.0877. The lowest BCUT2D eigenvalue weighted by Gasteiger charge is -2.16. The van der Waals surface area contributed by atoms with Crippen LogP contribution in [0.2, 0.25) is 0 Å². The molecule has 0 aliphatic heterocycles. The van der Waals surface area contributed by atoms with E-state index >= 15 is 0 Å². The number of hydrogen-bond donors (Lipinski definition) is 1. The Kier molecular flexibility index (Phi) is 3.97. The molecule has 1 aromatic carbocycles. The van der Waals surface area contributed by atoms with E-state index < -0.39 is 30.0 Å². The van der Waals surface area contributed by atoms with Gasteiger partial charge in [-0.3, -0.25) is 0 Å². The third-order valence-electron chi connectivity index (χ3n) is 2.03. The van der Waals surface area contributed by atoms with Gasteiger partial charge in [0.15, 0.2) is 0 Å². The molecule has 0 aliphatic rings. The van der Waals surface area contributed by atoms with Gasteiger partial charge in [0.25, 0.3) is 0 Å². The smallest absolute Gasteiger partial charge is 0.326 e. The van der Waals surface area contributed by atoms with Gasteiger partial charge in [-0.25, -0.2) is 0 Å². The molecule has 2 N–H and O–H groups in total. The van der Waals surface area contributed by atoms with E-state index in [2.05, 4.69) is 0 Å². The first-order valence-corrected chi connectivity index (χ1v) is 5.32. The predicted octanol–water partition coefficient (Wildman–Crippen LogP) is 3.79. The molecule has 0 aliphatic carbocycles. The van der Waals surface area contributed by atoms with E-state index in [0.29, 0.717) is 6.07 Å². The van der Waals surface area contributed by atoms with Crippen molar-refractivity contribution in [1.82, 2.24) is 0 Å². The number of hydrogen-bond acceptors (Lipinski definition) is 1. The summed E-state index contributed by atoms with van der Waals surface area (Å²) >= 11 is 1.41. The summed E-state index contributed by atoms with van der Waals surface area (Å²) in [5.74, 6) is 0. The molecule has 96 valence electrons. The molecule has 0 radical (unpaired) electrons. The molecule has 17 heavy (non-hydrogen) atoms. The fourth-order valence-corrected chi connectivity index (χ4v) is 2.11. The van der Waals surface area contributed by atoms with Crippen LogP contribution in [0.15, 0.2) is 12.1 Å². The van der Waals surface area contributed by atoms with Gasteiger partial charge in [0.2, 0.25) is 0 Å². The topological polar surface area (TPSA) is 26.0 Å². The second-order valence-corrected chi connectivity index (χ2v) is 4.35. The SMILES string of the molecule is NCc1c(I)cc(C(F)(F)F)cc1C(F)(F)F. The van der Waals surface area contributed by atoms with Gasteiger partial charge in [-0.05, 0) is 40.3 Å². The van der Waals surface area contributed by atoms with Gasteiger partial charge < -0.3 is 5.73 Å². The number of benzene rings is 1. The van der Waals surface area contributed by atoms with Crippen molar-refractivity contribution in [2.24, 2.45) is 5.73 Å². The van der Waals surface area contributed by atoms with Crippen LogP contribution in [0.25, 0.3) is 0 Å². The van der Waals surface area contributed by atoms with Gasteiger partial charge in [0.1, 0.15) is 0 Å². The second-order valence-electron chi connectivity index (χ2n) is 3.18. The maximum absolute atomic E-state index is 12.6. The average Bonchev–Trinajstić information content (AvgIpc) is 2.13. The van der Waals surface area contributed by atoms with Crippen molar-refractivity contribution in [3.63, 3.8) is 0 Å². The van der Waals surface area contributed by atoms with Crippen LogP contribution < -0.4 is 5.73 Å². The Morgan fingerprint density at radius 1 is 1.00 bits per heavy atom. The zero-order chi connectivity index (χ0) is 13.4. The molecule has 1 aromatic rings. The van der Waals surface area contributed by atoms with E-state index in [4.69, 9.17) is 5.73 Å². The van der Waals surface area contributed by atoms with Crippen molar-refractivity contribution in [2.45, 2.75) is 18.9 Å². The van der Waals surface area contributed by atoms with Crippen molar-refractivity contribution < 1.29 is 26.3 Å². The van der Waals surface area contributed by atoms with Gasteiger partial charge in [0, 0.05) is 10.1 Å². The lowest BCUT2D eigenvalue weighted by Crippen LogP contribution is -2.16. The van der Waals surface area contributed by atoms with Crippen LogP contribution >= 0.6 is 22.6 Å². The highest BCUT2D eigenvalue weighted by Crippen LogP contribution is 2.39. The van der Waals surface area contributed by atoms with E-state index in [1.54, 1.807) is 0 Å². The highest BCUT2D eigenvalue weighted by molar-refractivity contribution is 14.1. The molecule has 0 amide bonds. The first-order chi connectivity index (χ1) is 7.57. The normalized spacial score (nSPS) is 12.9. The monoisotopic (exact) mass is 369 g/mol. The first kappa shape index (κ1) is 14.6. The van der Waals surface area contributed by atoms with Gasteiger partial charge in [0.05, 0.1) is 11.1 Å². The summed E-state index contributed by atoms with van der Waals surface area (Å²) in [6.07, 6.45) is -9.66. The molecule has 0 unspecified atom stereocenters. The van der Waals surface area contributed by atoms with Crippen LogP contribution in [-0.2, 0) is 18.9 Å². The Hall–Kier alpha value is -0.510. The summed E-state index contributed by atoms with van der Waals surface area (Å²) in [4.78, 5) is 0. The van der Waals surface area contributed by atoms with Crippen LogP contribution in [0.3, 0.4) is 0 Å². The maximum atomic E-state index is 12.6. The zero-order valence-electron chi connectivity index (χ0n) is 8.08. The molecule has 1 rings (SSSR count). The molecule has 1 nitrogen and oxygen atoms in total. The molecule has 0 spiro atoms. The zero-order valence-corrected chi connectivity index (χ0v) is 10.2. The lowest BCUT2D eigenvalue weighted by atomic mass is 10.0. The van der Waals surface area contributed by atoms with Crippen LogP contribution in [-0.4, -0.2) is 0 Å². The van der Waals surface area contributed by atoms with Crippen molar-refractivity contribution >= 4 is 22.6 Å². The standard InChI is InChI=1S/C9H6F6IN/c10-8(11,12)4-1-6(9(13,14)15)5(3-17)7(16)2-4/h1-2H,3,17H2. The van der Waals surface area contributed by atoms with Crippen LogP contribution in [0.4, 0.5) is 26.3 Å². The van der Waals surface area contributed by atoms with Crippen LogP contribution in [0.5, 0.6) is 0 Å². The van der Waals surface area contributed by atoms with E-state index in [0.717, 1.165) is 0 Å². The molecular weight excluding hydrogens is 363 g/mol. The van der Waals surface area contributed by atoms with Crippen LogP contribution in [0, 0.1) is 3.57 Å². The Morgan fingerprint density at radius 2 is 1.53 bits per heavy atom. The van der Waals surface area contributed by atoms with Crippen molar-refractivity contribution in [1.29, 1.82) is 0 Å². The largest absolute Gasteiger partial charge is 0.416 e. The highest BCUT2D eigenvalue weighted by Gasteiger charge is 2.38. The highest BCUT2D eigenvalue weighted by atomic mass is 127. The molecule has 0 bridgehead atoms. The molecule has 0 saturated heterocycles. The van der Waals surface area contributed by atoms with E-state index in [-0.39, 0.29) is 15.2 Å². The Labute approximate surface area is 106 Å². The summed E-state index contributed by atoms with van der Waals surface area (Å²) in [5.41, 5.74) is 2.13. The minimum Gasteiger partial charge on any atom is -0.326 e. The lowest BCUT2D eigenvalue weighted by molar-refractivity contribution is -0.143. The molecule has 0 heterocycles. The quantitative estimate of drug-likeness (QED) is 0.592. The van der Waals surface area contributed by atoms with Gasteiger partial charge in [-0.2, -0.15) is 26.3 Å². The van der Waals surface area contributed by atoms with Gasteiger partial charge >= 0.3 is 12.4 Å². The number of nitrogens with two attached hydrogens (primary N) is 1. The Bertz CT molecular complexity index is 423. The van der Waals surface area contributed by atoms with E-state index in [1.165, 1.54) is 22.6 Å². The Balaban J connectivity index is 3.51. The van der Waals surface area contributed by atoms with E-state index in [9.17, 15) is 26.3 Å². The Morgan fingerprint density at radius 3 is 1.88 bits per heavy atom. The molecule has 8 heteroatoms. The van der Waals surface area contributed by atoms with Gasteiger partial charge in [-0.15, -0.1) is 0 Å². The van der Waals surface area contributed by atoms with Crippen LogP contribution in [0.1, 0.15) is 16.7 Å². The molecule has 0 saturated carbocycles. The summed E-state index contributed by atoms with van der Waals surface area (Å²) in [6.45, 7) is -0.467. The number of rotatable bonds is 1. The molecule has 0 atom stereocenters. The second kappa shape index (κ2) is 4.63. The summed E-state index contributed by atoms with van der Waals surface area (Å²) in [5, 5.41) is 0. The van der Waals surface area contributed by atoms with Crippen molar-refractivity contribution in [3.8, 4) is 0 Å². The number of alkyl halides is 6. The molecule has 0 fully saturated rings.